The summed E-state index contributed by atoms with van der Waals surface area (Å²) in [7, 11) is 0. The largest absolute Gasteiger partial charge is 0.494 e. The number of carbonyl (C=O) groups excluding carboxylic acids is 1. The van der Waals surface area contributed by atoms with Crippen molar-refractivity contribution in [3.8, 4) is 11.5 Å². The Bertz CT molecular complexity index is 891. The zero-order chi connectivity index (χ0) is 20.3. The molecule has 4 heteroatoms. The minimum atomic E-state index is -0.203. The van der Waals surface area contributed by atoms with E-state index in [0.29, 0.717) is 18.0 Å². The van der Waals surface area contributed by atoms with Gasteiger partial charge in [0, 0.05) is 11.8 Å². The lowest BCUT2D eigenvalue weighted by Crippen LogP contribution is -2.20. The normalized spacial score (nSPS) is 10.4. The highest BCUT2D eigenvalue weighted by Gasteiger charge is 2.05. The van der Waals surface area contributed by atoms with Gasteiger partial charge in [0.15, 0.2) is 6.61 Å². The van der Waals surface area contributed by atoms with Gasteiger partial charge in [0.05, 0.1) is 6.61 Å². The zero-order valence-electron chi connectivity index (χ0n) is 16.8. The number of amides is 1. The van der Waals surface area contributed by atoms with Gasteiger partial charge in [-0.15, -0.1) is 0 Å². The van der Waals surface area contributed by atoms with Crippen LogP contribution in [0.2, 0.25) is 0 Å². The fourth-order valence-corrected chi connectivity index (χ4v) is 2.94. The first-order chi connectivity index (χ1) is 14.2. The van der Waals surface area contributed by atoms with E-state index in [1.165, 1.54) is 11.1 Å². The Morgan fingerprint density at radius 1 is 0.828 bits per heavy atom. The second-order valence-corrected chi connectivity index (χ2v) is 6.80. The molecule has 0 saturated carbocycles. The first-order valence-electron chi connectivity index (χ1n) is 10.0. The van der Waals surface area contributed by atoms with E-state index < -0.39 is 0 Å². The van der Waals surface area contributed by atoms with Gasteiger partial charge in [-0.2, -0.15) is 0 Å². The highest BCUT2D eigenvalue weighted by atomic mass is 16.5. The molecule has 3 rings (SSSR count). The van der Waals surface area contributed by atoms with E-state index in [0.717, 1.165) is 25.0 Å². The molecule has 0 radical (unpaired) electrons. The van der Waals surface area contributed by atoms with E-state index in [2.05, 4.69) is 24.4 Å². The standard InChI is InChI=1S/C25H27NO3/c1-2-20-13-15-23(16-14-20)29-19-25(27)26-22-11-6-12-24(18-22)28-17-7-10-21-8-4-3-5-9-21/h3-6,8-9,11-16,18H,2,7,10,17,19H2,1H3,(H,26,27). The van der Waals surface area contributed by atoms with Crippen LogP contribution in [0, 0.1) is 0 Å². The summed E-state index contributed by atoms with van der Waals surface area (Å²) in [5.74, 6) is 1.23. The molecular formula is C25H27NO3. The molecule has 0 aromatic heterocycles. The Morgan fingerprint density at radius 2 is 1.62 bits per heavy atom. The summed E-state index contributed by atoms with van der Waals surface area (Å²) < 4.78 is 11.4. The smallest absolute Gasteiger partial charge is 0.262 e. The van der Waals surface area contributed by atoms with Crippen LogP contribution in [0.5, 0.6) is 11.5 Å². The quantitative estimate of drug-likeness (QED) is 0.480. The lowest BCUT2D eigenvalue weighted by Gasteiger charge is -2.10. The summed E-state index contributed by atoms with van der Waals surface area (Å²) in [6, 6.07) is 25.6. The fourth-order valence-electron chi connectivity index (χ4n) is 2.94. The molecule has 150 valence electrons. The van der Waals surface area contributed by atoms with Crippen molar-refractivity contribution in [3.63, 3.8) is 0 Å². The van der Waals surface area contributed by atoms with Crippen LogP contribution in [0.25, 0.3) is 0 Å². The zero-order valence-corrected chi connectivity index (χ0v) is 16.8. The molecule has 0 aliphatic rings. The van der Waals surface area contributed by atoms with Gasteiger partial charge >= 0.3 is 0 Å². The number of benzene rings is 3. The second-order valence-electron chi connectivity index (χ2n) is 6.80. The highest BCUT2D eigenvalue weighted by Crippen LogP contribution is 2.18. The Morgan fingerprint density at radius 3 is 2.38 bits per heavy atom. The monoisotopic (exact) mass is 389 g/mol. The topological polar surface area (TPSA) is 47.6 Å². The molecule has 0 spiro atoms. The van der Waals surface area contributed by atoms with Crippen molar-refractivity contribution in [1.29, 1.82) is 0 Å². The van der Waals surface area contributed by atoms with Crippen molar-refractivity contribution in [1.82, 2.24) is 0 Å². The molecule has 1 amide bonds. The summed E-state index contributed by atoms with van der Waals surface area (Å²) in [4.78, 5) is 12.2. The van der Waals surface area contributed by atoms with E-state index in [1.54, 1.807) is 0 Å². The lowest BCUT2D eigenvalue weighted by molar-refractivity contribution is -0.118. The summed E-state index contributed by atoms with van der Waals surface area (Å²) in [5.41, 5.74) is 3.24. The van der Waals surface area contributed by atoms with Crippen LogP contribution in [0.4, 0.5) is 5.69 Å². The van der Waals surface area contributed by atoms with E-state index >= 15 is 0 Å². The Hall–Kier alpha value is -3.27. The maximum Gasteiger partial charge on any atom is 0.262 e. The Labute approximate surface area is 172 Å². The van der Waals surface area contributed by atoms with E-state index in [4.69, 9.17) is 9.47 Å². The average Bonchev–Trinajstić information content (AvgIpc) is 2.77. The number of hydrogen-bond donors (Lipinski definition) is 1. The number of nitrogens with one attached hydrogen (secondary N) is 1. The van der Waals surface area contributed by atoms with E-state index in [-0.39, 0.29) is 12.5 Å². The molecule has 3 aromatic carbocycles. The van der Waals surface area contributed by atoms with Crippen LogP contribution in [0.3, 0.4) is 0 Å². The summed E-state index contributed by atoms with van der Waals surface area (Å²) in [6.45, 7) is 2.70. The number of rotatable bonds is 10. The summed E-state index contributed by atoms with van der Waals surface area (Å²) >= 11 is 0. The Balaban J connectivity index is 1.41. The van der Waals surface area contributed by atoms with Gasteiger partial charge in [0.25, 0.3) is 5.91 Å². The summed E-state index contributed by atoms with van der Waals surface area (Å²) in [5, 5.41) is 2.85. The molecule has 0 bridgehead atoms. The van der Waals surface area contributed by atoms with Gasteiger partial charge in [0.2, 0.25) is 0 Å². The second kappa shape index (κ2) is 10.9. The third-order valence-electron chi connectivity index (χ3n) is 4.54. The van der Waals surface area contributed by atoms with Crippen LogP contribution in [0.15, 0.2) is 78.9 Å². The van der Waals surface area contributed by atoms with Crippen molar-refractivity contribution in [2.24, 2.45) is 0 Å². The molecule has 0 unspecified atom stereocenters. The number of aryl methyl sites for hydroxylation is 2. The predicted molar refractivity (Wildman–Crippen MR) is 117 cm³/mol. The molecule has 0 saturated heterocycles. The molecule has 29 heavy (non-hydrogen) atoms. The number of carbonyl (C=O) groups is 1. The number of ether oxygens (including phenoxy) is 2. The van der Waals surface area contributed by atoms with Crippen molar-refractivity contribution < 1.29 is 14.3 Å². The SMILES string of the molecule is CCc1ccc(OCC(=O)Nc2cccc(OCCCc3ccccc3)c2)cc1. The molecule has 0 aliphatic heterocycles. The Kier molecular flexibility index (Phi) is 7.70. The molecule has 3 aromatic rings. The van der Waals surface area contributed by atoms with Gasteiger partial charge in [0.1, 0.15) is 11.5 Å². The minimum absolute atomic E-state index is 0.0341. The first kappa shape index (κ1) is 20.5. The summed E-state index contributed by atoms with van der Waals surface area (Å²) in [6.07, 6.45) is 2.89. The number of anilines is 1. The van der Waals surface area contributed by atoms with Crippen molar-refractivity contribution >= 4 is 11.6 Å². The average molecular weight is 389 g/mol. The van der Waals surface area contributed by atoms with Crippen LogP contribution >= 0.6 is 0 Å². The molecule has 0 fully saturated rings. The van der Waals surface area contributed by atoms with Gasteiger partial charge in [-0.05, 0) is 54.7 Å². The maximum atomic E-state index is 12.2. The van der Waals surface area contributed by atoms with Crippen molar-refractivity contribution in [2.75, 3.05) is 18.5 Å². The van der Waals surface area contributed by atoms with Crippen molar-refractivity contribution in [2.45, 2.75) is 26.2 Å². The third kappa shape index (κ3) is 7.00. The third-order valence-corrected chi connectivity index (χ3v) is 4.54. The molecule has 0 atom stereocenters. The van der Waals surface area contributed by atoms with Crippen LogP contribution in [-0.4, -0.2) is 19.1 Å². The van der Waals surface area contributed by atoms with Crippen LogP contribution in [0.1, 0.15) is 24.5 Å². The molecule has 4 nitrogen and oxygen atoms in total. The van der Waals surface area contributed by atoms with E-state index in [9.17, 15) is 4.79 Å². The van der Waals surface area contributed by atoms with Gasteiger partial charge in [-0.1, -0.05) is 55.5 Å². The highest BCUT2D eigenvalue weighted by molar-refractivity contribution is 5.92. The molecule has 0 heterocycles. The minimum Gasteiger partial charge on any atom is -0.494 e. The first-order valence-corrected chi connectivity index (χ1v) is 10.0. The van der Waals surface area contributed by atoms with Gasteiger partial charge in [-0.3, -0.25) is 4.79 Å². The van der Waals surface area contributed by atoms with Gasteiger partial charge < -0.3 is 14.8 Å². The van der Waals surface area contributed by atoms with Gasteiger partial charge in [-0.25, -0.2) is 0 Å². The fraction of sp³-hybridized carbons (Fsp3) is 0.240. The van der Waals surface area contributed by atoms with Crippen LogP contribution in [-0.2, 0) is 17.6 Å². The molecule has 0 aliphatic carbocycles. The van der Waals surface area contributed by atoms with Crippen LogP contribution < -0.4 is 14.8 Å². The lowest BCUT2D eigenvalue weighted by atomic mass is 10.1. The predicted octanol–water partition coefficient (Wildman–Crippen LogP) is 5.28. The maximum absolute atomic E-state index is 12.2. The number of hydrogen-bond acceptors (Lipinski definition) is 3. The molecule has 1 N–H and O–H groups in total. The van der Waals surface area contributed by atoms with Crippen molar-refractivity contribution in [3.05, 3.63) is 90.0 Å². The molecular weight excluding hydrogens is 362 g/mol. The van der Waals surface area contributed by atoms with E-state index in [1.807, 2.05) is 66.7 Å².